The summed E-state index contributed by atoms with van der Waals surface area (Å²) in [6.07, 6.45) is -5.26. The Kier molecular flexibility index (Phi) is 11.6. The van der Waals surface area contributed by atoms with Crippen LogP contribution in [-0.2, 0) is 15.7 Å². The molecule has 0 saturated heterocycles. The van der Waals surface area contributed by atoms with Crippen LogP contribution in [0.5, 0.6) is 0 Å². The average Bonchev–Trinajstić information content (AvgIpc) is 2.92. The van der Waals surface area contributed by atoms with E-state index in [0.29, 0.717) is 56.6 Å². The van der Waals surface area contributed by atoms with Crippen LogP contribution in [0.2, 0.25) is 0 Å². The number of hydrogen-bond acceptors (Lipinski definition) is 8. The maximum atomic E-state index is 13.7. The molecule has 0 aliphatic carbocycles. The molecule has 2 heterocycles. The van der Waals surface area contributed by atoms with Crippen LogP contribution >= 0.6 is 0 Å². The molecule has 2 unspecified atom stereocenters. The van der Waals surface area contributed by atoms with E-state index < -0.39 is 35.7 Å². The van der Waals surface area contributed by atoms with Gasteiger partial charge in [0, 0.05) is 51.7 Å². The molecule has 5 N–H and O–H groups in total. The minimum atomic E-state index is -4.53. The predicted molar refractivity (Wildman–Crippen MR) is 145 cm³/mol. The highest BCUT2D eigenvalue weighted by atomic mass is 19.4. The number of nitrogens with one attached hydrogen (secondary N) is 3. The number of rotatable bonds is 11. The topological polar surface area (TPSA) is 96.2 Å². The summed E-state index contributed by atoms with van der Waals surface area (Å²) >= 11 is 0. The quantitative estimate of drug-likeness (QED) is 0.229. The summed E-state index contributed by atoms with van der Waals surface area (Å²) in [6, 6.07) is 3.38. The van der Waals surface area contributed by atoms with Crippen molar-refractivity contribution in [1.82, 2.24) is 15.5 Å². The van der Waals surface area contributed by atoms with Crippen LogP contribution in [-0.4, -0.2) is 82.7 Å². The van der Waals surface area contributed by atoms with E-state index in [4.69, 9.17) is 20.2 Å². The molecular formula is C27H36F6N6O2. The molecular weight excluding hydrogens is 554 g/mol. The summed E-state index contributed by atoms with van der Waals surface area (Å²) in [6.45, 7) is 2.83. The largest absolute Gasteiger partial charge is 0.416 e. The van der Waals surface area contributed by atoms with Crippen molar-refractivity contribution in [1.29, 1.82) is 0 Å². The van der Waals surface area contributed by atoms with Gasteiger partial charge in [0.15, 0.2) is 0 Å². The van der Waals surface area contributed by atoms with Gasteiger partial charge in [0.05, 0.1) is 30.4 Å². The molecule has 0 bridgehead atoms. The first-order valence-corrected chi connectivity index (χ1v) is 13.0. The maximum Gasteiger partial charge on any atom is 0.416 e. The van der Waals surface area contributed by atoms with Crippen molar-refractivity contribution in [2.75, 3.05) is 58.9 Å². The van der Waals surface area contributed by atoms with Crippen LogP contribution in [0.25, 0.3) is 0 Å². The Morgan fingerprint density at radius 3 is 2.29 bits per heavy atom. The minimum absolute atomic E-state index is 0.156. The minimum Gasteiger partial charge on any atom is -0.404 e. The van der Waals surface area contributed by atoms with Gasteiger partial charge in [-0.25, -0.2) is 4.99 Å². The van der Waals surface area contributed by atoms with Crippen LogP contribution in [0.15, 0.2) is 64.5 Å². The fourth-order valence-corrected chi connectivity index (χ4v) is 4.54. The summed E-state index contributed by atoms with van der Waals surface area (Å²) in [5.74, 6) is 0.428. The third-order valence-electron chi connectivity index (χ3n) is 6.54. The smallest absolute Gasteiger partial charge is 0.404 e. The van der Waals surface area contributed by atoms with Crippen LogP contribution in [0.3, 0.4) is 0 Å². The van der Waals surface area contributed by atoms with Crippen molar-refractivity contribution in [2.24, 2.45) is 10.7 Å². The van der Waals surface area contributed by atoms with Crippen LogP contribution < -0.4 is 21.7 Å². The Morgan fingerprint density at radius 1 is 1.07 bits per heavy atom. The Bertz CT molecular complexity index is 1110. The second-order valence-electron chi connectivity index (χ2n) is 9.57. The zero-order valence-electron chi connectivity index (χ0n) is 22.9. The third-order valence-corrected chi connectivity index (χ3v) is 6.54. The molecule has 0 fully saturated rings. The summed E-state index contributed by atoms with van der Waals surface area (Å²) < 4.78 is 90.7. The lowest BCUT2D eigenvalue weighted by Gasteiger charge is -2.32. The Balaban J connectivity index is 1.89. The van der Waals surface area contributed by atoms with E-state index >= 15 is 0 Å². The van der Waals surface area contributed by atoms with E-state index in [1.807, 2.05) is 0 Å². The highest BCUT2D eigenvalue weighted by Crippen LogP contribution is 2.34. The van der Waals surface area contributed by atoms with Gasteiger partial charge in [-0.1, -0.05) is 6.08 Å². The highest BCUT2D eigenvalue weighted by Gasteiger charge is 2.40. The molecule has 1 aromatic rings. The lowest BCUT2D eigenvalue weighted by atomic mass is 9.93. The van der Waals surface area contributed by atoms with E-state index in [9.17, 15) is 26.3 Å². The number of nitrogens with zero attached hydrogens (tertiary/aromatic N) is 2. The monoisotopic (exact) mass is 590 g/mol. The fraction of sp³-hybridized carbons (Fsp3) is 0.519. The first kappa shape index (κ1) is 32.4. The molecule has 2 atom stereocenters. The predicted octanol–water partition coefficient (Wildman–Crippen LogP) is 4.01. The zero-order valence-corrected chi connectivity index (χ0v) is 22.9. The van der Waals surface area contributed by atoms with Crippen molar-refractivity contribution in [3.63, 3.8) is 0 Å². The third kappa shape index (κ3) is 9.76. The molecule has 228 valence electrons. The molecule has 1 aromatic carbocycles. The van der Waals surface area contributed by atoms with E-state index in [-0.39, 0.29) is 18.4 Å². The number of amidine groups is 1. The lowest BCUT2D eigenvalue weighted by molar-refractivity contribution is -0.137. The van der Waals surface area contributed by atoms with Crippen LogP contribution in [0.4, 0.5) is 32.0 Å². The average molecular weight is 591 g/mol. The molecule has 0 spiro atoms. The number of alkyl halides is 6. The van der Waals surface area contributed by atoms with Crippen molar-refractivity contribution in [3.8, 4) is 0 Å². The first-order chi connectivity index (χ1) is 19.4. The Morgan fingerprint density at radius 2 is 1.73 bits per heavy atom. The van der Waals surface area contributed by atoms with Crippen LogP contribution in [0.1, 0.15) is 18.4 Å². The number of methoxy groups -OCH3 is 2. The summed E-state index contributed by atoms with van der Waals surface area (Å²) in [5, 5.41) is 9.23. The van der Waals surface area contributed by atoms with E-state index in [2.05, 4.69) is 20.9 Å². The summed E-state index contributed by atoms with van der Waals surface area (Å²) in [7, 11) is 3.17. The molecule has 41 heavy (non-hydrogen) atoms. The summed E-state index contributed by atoms with van der Waals surface area (Å²) in [4.78, 5) is 6.76. The van der Waals surface area contributed by atoms with E-state index in [0.717, 1.165) is 18.3 Å². The van der Waals surface area contributed by atoms with Gasteiger partial charge in [-0.3, -0.25) is 4.90 Å². The van der Waals surface area contributed by atoms with Gasteiger partial charge in [-0.15, -0.1) is 0 Å². The molecule has 0 radical (unpaired) electrons. The van der Waals surface area contributed by atoms with Gasteiger partial charge in [0.1, 0.15) is 12.0 Å². The first-order valence-electron chi connectivity index (χ1n) is 13.0. The standard InChI is InChI=1S/C27H36F6N6O2/c1-40-12-10-39(11-13-41-2)17-24-37-21(14-18(16-34)25-22(27(31,32)33)4-3-9-35-25)15-23(38-24)36-20-7-5-19(6-8-20)26(28,29)30/h4-8,14,16,24-25,35,37H,3,9-13,15,17,34H2,1-2H3,(H,36,38)/b18-16+,21-14+. The number of hydrogen-bond donors (Lipinski definition) is 4. The molecule has 14 heteroatoms. The molecule has 3 rings (SSSR count). The van der Waals surface area contributed by atoms with Gasteiger partial charge >= 0.3 is 12.4 Å². The van der Waals surface area contributed by atoms with Gasteiger partial charge in [0.2, 0.25) is 0 Å². The van der Waals surface area contributed by atoms with Gasteiger partial charge in [-0.2, -0.15) is 26.3 Å². The van der Waals surface area contributed by atoms with Crippen LogP contribution in [0, 0.1) is 0 Å². The highest BCUT2D eigenvalue weighted by molar-refractivity contribution is 5.97. The Labute approximate surface area is 235 Å². The molecule has 8 nitrogen and oxygen atoms in total. The van der Waals surface area contributed by atoms with Crippen molar-refractivity contribution < 1.29 is 35.8 Å². The SMILES string of the molecule is COCCN(CCOC)CC1N=C(Nc2ccc(C(F)(F)F)cc2)C/C(=C\C(=C/N)C2NCCC=C2C(F)(F)F)N1. The number of aliphatic imine (C=N–C) groups is 1. The van der Waals surface area contributed by atoms with E-state index in [1.165, 1.54) is 18.2 Å². The molecule has 2 aliphatic rings. The normalized spacial score (nSPS) is 21.5. The van der Waals surface area contributed by atoms with Crippen molar-refractivity contribution >= 4 is 11.5 Å². The summed E-state index contributed by atoms with van der Waals surface area (Å²) in [5.41, 5.74) is 5.47. The van der Waals surface area contributed by atoms with Gasteiger partial charge < -0.3 is 31.2 Å². The molecule has 0 saturated carbocycles. The molecule has 2 aliphatic heterocycles. The fourth-order valence-electron chi connectivity index (χ4n) is 4.54. The van der Waals surface area contributed by atoms with Gasteiger partial charge in [-0.05, 0) is 55.1 Å². The second kappa shape index (κ2) is 14.7. The number of ether oxygens (including phenoxy) is 2. The van der Waals surface area contributed by atoms with Crippen molar-refractivity contribution in [2.45, 2.75) is 37.4 Å². The number of nitrogens with two attached hydrogens (primary N) is 1. The van der Waals surface area contributed by atoms with E-state index in [1.54, 1.807) is 20.3 Å². The maximum absolute atomic E-state index is 13.7. The second-order valence-corrected chi connectivity index (χ2v) is 9.57. The number of halogens is 6. The Hall–Kier alpha value is -3.07. The lowest BCUT2D eigenvalue weighted by Crippen LogP contribution is -2.46. The number of benzene rings is 1. The molecule has 0 aromatic heterocycles. The number of anilines is 1. The molecule has 0 amide bonds. The van der Waals surface area contributed by atoms with Gasteiger partial charge in [0.25, 0.3) is 0 Å². The zero-order chi connectivity index (χ0) is 30.0. The van der Waals surface area contributed by atoms with Crippen molar-refractivity contribution in [3.05, 3.63) is 65.0 Å².